The number of ether oxygens (including phenoxy) is 1. The first kappa shape index (κ1) is 15.9. The van der Waals surface area contributed by atoms with Crippen LogP contribution in [0.1, 0.15) is 38.7 Å². The summed E-state index contributed by atoms with van der Waals surface area (Å²) in [7, 11) is 1.65. The smallest absolute Gasteiger partial charge is 0.226 e. The lowest BCUT2D eigenvalue weighted by atomic mass is 9.88. The molecule has 1 saturated heterocycles. The zero-order chi connectivity index (χ0) is 15.2. The van der Waals surface area contributed by atoms with Crippen LogP contribution in [0.3, 0.4) is 0 Å². The molecule has 0 spiro atoms. The molecule has 1 aromatic rings. The Morgan fingerprint density at radius 1 is 1.24 bits per heavy atom. The fourth-order valence-corrected chi connectivity index (χ4v) is 3.11. The van der Waals surface area contributed by atoms with Gasteiger partial charge in [-0.2, -0.15) is 0 Å². The first-order valence-corrected chi connectivity index (χ1v) is 7.99. The highest BCUT2D eigenvalue weighted by Crippen LogP contribution is 2.24. The molecule has 0 saturated carbocycles. The number of methoxy groups -OCH3 is 1. The van der Waals surface area contributed by atoms with Crippen LogP contribution in [0.4, 0.5) is 0 Å². The SMILES string of the molecule is COc1ccc(CC(=O)N2CCC(CC(C)C)CC2)cc1. The molecule has 1 aromatic carbocycles. The molecule has 0 unspecified atom stereocenters. The molecule has 3 nitrogen and oxygen atoms in total. The molecule has 1 heterocycles. The Labute approximate surface area is 128 Å². The van der Waals surface area contributed by atoms with Gasteiger partial charge < -0.3 is 9.64 Å². The third-order valence-corrected chi connectivity index (χ3v) is 4.29. The zero-order valence-electron chi connectivity index (χ0n) is 13.5. The van der Waals surface area contributed by atoms with E-state index in [1.807, 2.05) is 29.2 Å². The van der Waals surface area contributed by atoms with E-state index in [2.05, 4.69) is 13.8 Å². The van der Waals surface area contributed by atoms with Gasteiger partial charge in [0.05, 0.1) is 13.5 Å². The van der Waals surface area contributed by atoms with Crippen molar-refractivity contribution in [3.63, 3.8) is 0 Å². The van der Waals surface area contributed by atoms with Crippen molar-refractivity contribution in [2.45, 2.75) is 39.5 Å². The molecule has 0 bridgehead atoms. The van der Waals surface area contributed by atoms with Crippen LogP contribution in [0, 0.1) is 11.8 Å². The molecule has 0 aromatic heterocycles. The van der Waals surface area contributed by atoms with E-state index in [4.69, 9.17) is 4.74 Å². The minimum Gasteiger partial charge on any atom is -0.497 e. The molecule has 1 aliphatic heterocycles. The van der Waals surface area contributed by atoms with E-state index >= 15 is 0 Å². The van der Waals surface area contributed by atoms with Crippen LogP contribution in [0.15, 0.2) is 24.3 Å². The Hall–Kier alpha value is -1.51. The molecule has 1 amide bonds. The summed E-state index contributed by atoms with van der Waals surface area (Å²) >= 11 is 0. The number of hydrogen-bond donors (Lipinski definition) is 0. The Morgan fingerprint density at radius 2 is 1.86 bits per heavy atom. The van der Waals surface area contributed by atoms with E-state index in [1.54, 1.807) is 7.11 Å². The molecule has 0 radical (unpaired) electrons. The molecule has 116 valence electrons. The van der Waals surface area contributed by atoms with E-state index in [9.17, 15) is 4.79 Å². The summed E-state index contributed by atoms with van der Waals surface area (Å²) in [6, 6.07) is 7.78. The number of piperidine rings is 1. The number of hydrogen-bond acceptors (Lipinski definition) is 2. The third kappa shape index (κ3) is 4.76. The molecule has 0 N–H and O–H groups in total. The van der Waals surface area contributed by atoms with Crippen molar-refractivity contribution in [2.75, 3.05) is 20.2 Å². The summed E-state index contributed by atoms with van der Waals surface area (Å²) in [5.41, 5.74) is 1.06. The maximum absolute atomic E-state index is 12.3. The second-order valence-corrected chi connectivity index (χ2v) is 6.48. The van der Waals surface area contributed by atoms with Crippen LogP contribution >= 0.6 is 0 Å². The van der Waals surface area contributed by atoms with Crippen LogP contribution in [-0.2, 0) is 11.2 Å². The predicted octanol–water partition coefficient (Wildman–Crippen LogP) is 3.52. The van der Waals surface area contributed by atoms with E-state index in [0.29, 0.717) is 6.42 Å². The normalized spacial score (nSPS) is 16.3. The van der Waals surface area contributed by atoms with Gasteiger partial charge in [0.25, 0.3) is 0 Å². The monoisotopic (exact) mass is 289 g/mol. The van der Waals surface area contributed by atoms with Gasteiger partial charge in [-0.25, -0.2) is 0 Å². The second kappa shape index (κ2) is 7.48. The third-order valence-electron chi connectivity index (χ3n) is 4.29. The van der Waals surface area contributed by atoms with E-state index in [-0.39, 0.29) is 5.91 Å². The number of benzene rings is 1. The summed E-state index contributed by atoms with van der Waals surface area (Å²) in [5, 5.41) is 0. The van der Waals surface area contributed by atoms with Crippen molar-refractivity contribution in [3.8, 4) is 5.75 Å². The van der Waals surface area contributed by atoms with Crippen molar-refractivity contribution in [2.24, 2.45) is 11.8 Å². The molecule has 1 aliphatic rings. The standard InChI is InChI=1S/C18H27NO2/c1-14(2)12-16-8-10-19(11-9-16)18(20)13-15-4-6-17(21-3)7-5-15/h4-7,14,16H,8-13H2,1-3H3. The molecule has 2 rings (SSSR count). The van der Waals surface area contributed by atoms with Crippen LogP contribution in [0.2, 0.25) is 0 Å². The quantitative estimate of drug-likeness (QED) is 0.830. The summed E-state index contributed by atoms with van der Waals surface area (Å²) in [5.74, 6) is 2.65. The first-order valence-electron chi connectivity index (χ1n) is 7.99. The Bertz CT molecular complexity index is 445. The average Bonchev–Trinajstić information content (AvgIpc) is 2.48. The molecule has 0 atom stereocenters. The van der Waals surface area contributed by atoms with Crippen molar-refractivity contribution >= 4 is 5.91 Å². The van der Waals surface area contributed by atoms with Gasteiger partial charge in [0.1, 0.15) is 5.75 Å². The van der Waals surface area contributed by atoms with Crippen molar-refractivity contribution in [1.29, 1.82) is 0 Å². The van der Waals surface area contributed by atoms with Crippen molar-refractivity contribution in [3.05, 3.63) is 29.8 Å². The van der Waals surface area contributed by atoms with E-state index < -0.39 is 0 Å². The molecule has 21 heavy (non-hydrogen) atoms. The summed E-state index contributed by atoms with van der Waals surface area (Å²) in [6.45, 7) is 6.40. The van der Waals surface area contributed by atoms with Crippen LogP contribution in [0.5, 0.6) is 5.75 Å². The van der Waals surface area contributed by atoms with E-state index in [1.165, 1.54) is 6.42 Å². The lowest BCUT2D eigenvalue weighted by Crippen LogP contribution is -2.39. The summed E-state index contributed by atoms with van der Waals surface area (Å²) in [6.07, 6.45) is 4.11. The lowest BCUT2D eigenvalue weighted by Gasteiger charge is -2.32. The van der Waals surface area contributed by atoms with Gasteiger partial charge in [0, 0.05) is 13.1 Å². The predicted molar refractivity (Wildman–Crippen MR) is 85.5 cm³/mol. The first-order chi connectivity index (χ1) is 10.1. The second-order valence-electron chi connectivity index (χ2n) is 6.48. The van der Waals surface area contributed by atoms with Gasteiger partial charge in [-0.3, -0.25) is 4.79 Å². The van der Waals surface area contributed by atoms with Gasteiger partial charge in [-0.05, 0) is 48.8 Å². The fourth-order valence-electron chi connectivity index (χ4n) is 3.11. The highest BCUT2D eigenvalue weighted by atomic mass is 16.5. The van der Waals surface area contributed by atoms with Gasteiger partial charge in [-0.15, -0.1) is 0 Å². The molecule has 1 fully saturated rings. The Morgan fingerprint density at radius 3 is 2.38 bits per heavy atom. The number of carbonyl (C=O) groups excluding carboxylic acids is 1. The average molecular weight is 289 g/mol. The van der Waals surface area contributed by atoms with Gasteiger partial charge in [0.15, 0.2) is 0 Å². The van der Waals surface area contributed by atoms with Crippen LogP contribution in [-0.4, -0.2) is 31.0 Å². The number of amides is 1. The molecular formula is C18H27NO2. The number of rotatable bonds is 5. The largest absolute Gasteiger partial charge is 0.497 e. The fraction of sp³-hybridized carbons (Fsp3) is 0.611. The topological polar surface area (TPSA) is 29.5 Å². The van der Waals surface area contributed by atoms with Crippen molar-refractivity contribution in [1.82, 2.24) is 4.90 Å². The number of nitrogens with zero attached hydrogens (tertiary/aromatic N) is 1. The molecule has 0 aliphatic carbocycles. The van der Waals surface area contributed by atoms with Crippen molar-refractivity contribution < 1.29 is 9.53 Å². The minimum atomic E-state index is 0.253. The van der Waals surface area contributed by atoms with Gasteiger partial charge >= 0.3 is 0 Å². The minimum absolute atomic E-state index is 0.253. The zero-order valence-corrected chi connectivity index (χ0v) is 13.5. The summed E-state index contributed by atoms with van der Waals surface area (Å²) < 4.78 is 5.14. The maximum atomic E-state index is 12.3. The van der Waals surface area contributed by atoms with E-state index in [0.717, 1.165) is 49.1 Å². The van der Waals surface area contributed by atoms with Gasteiger partial charge in [-0.1, -0.05) is 26.0 Å². The number of carbonyl (C=O) groups is 1. The highest BCUT2D eigenvalue weighted by Gasteiger charge is 2.23. The van der Waals surface area contributed by atoms with Gasteiger partial charge in [0.2, 0.25) is 5.91 Å². The highest BCUT2D eigenvalue weighted by molar-refractivity contribution is 5.78. The van der Waals surface area contributed by atoms with Crippen LogP contribution < -0.4 is 4.74 Å². The number of likely N-dealkylation sites (tertiary alicyclic amines) is 1. The summed E-state index contributed by atoms with van der Waals surface area (Å²) in [4.78, 5) is 14.4. The Balaban J connectivity index is 1.81. The van der Waals surface area contributed by atoms with Crippen LogP contribution in [0.25, 0.3) is 0 Å². The maximum Gasteiger partial charge on any atom is 0.226 e. The molecular weight excluding hydrogens is 262 g/mol. The molecule has 3 heteroatoms. The Kier molecular flexibility index (Phi) is 5.66. The lowest BCUT2D eigenvalue weighted by molar-refractivity contribution is -0.131.